The van der Waals surface area contributed by atoms with Gasteiger partial charge in [0.15, 0.2) is 5.76 Å². The number of H-pyrrole nitrogens is 1. The number of aryl methyl sites for hydroxylation is 1. The highest BCUT2D eigenvalue weighted by atomic mass is 16.3. The minimum atomic E-state index is -0.392. The van der Waals surface area contributed by atoms with Crippen LogP contribution < -0.4 is 0 Å². The minimum absolute atomic E-state index is 0.193. The van der Waals surface area contributed by atoms with Crippen molar-refractivity contribution in [1.82, 2.24) is 4.98 Å². The van der Waals surface area contributed by atoms with E-state index in [1.165, 1.54) is 0 Å². The lowest BCUT2D eigenvalue weighted by Gasteiger charge is -2.14. The molecule has 0 radical (unpaired) electrons. The Hall–Kier alpha value is -1.77. The second kappa shape index (κ2) is 2.61. The van der Waals surface area contributed by atoms with Gasteiger partial charge in [-0.05, 0) is 19.9 Å². The highest BCUT2D eigenvalue weighted by Crippen LogP contribution is 2.33. The molecule has 14 heavy (non-hydrogen) atoms. The quantitative estimate of drug-likeness (QED) is 0.615. The smallest absolute Gasteiger partial charge is 0.229 e. The lowest BCUT2D eigenvalue weighted by Crippen LogP contribution is -2.12. The number of allylic oxidation sites excluding steroid dienone is 2. The summed E-state index contributed by atoms with van der Waals surface area (Å²) in [6, 6.07) is 1.90. The first kappa shape index (κ1) is 8.81. The first-order chi connectivity index (χ1) is 6.52. The largest absolute Gasteiger partial charge is 0.504 e. The maximum atomic E-state index is 11.5. The van der Waals surface area contributed by atoms with E-state index in [2.05, 4.69) is 11.6 Å². The predicted molar refractivity (Wildman–Crippen MR) is 54.8 cm³/mol. The zero-order chi connectivity index (χ0) is 10.5. The van der Waals surface area contributed by atoms with E-state index in [9.17, 15) is 9.90 Å². The fraction of sp³-hybridized carbons (Fsp3) is 0.182. The molecule has 72 valence electrons. The maximum Gasteiger partial charge on any atom is 0.229 e. The van der Waals surface area contributed by atoms with Crippen molar-refractivity contribution >= 4 is 16.9 Å². The number of aromatic amines is 1. The molecule has 1 aromatic heterocycles. The molecule has 2 rings (SSSR count). The summed E-state index contributed by atoms with van der Waals surface area (Å²) in [6.07, 6.45) is 0. The van der Waals surface area contributed by atoms with Crippen LogP contribution in [-0.4, -0.2) is 15.9 Å². The van der Waals surface area contributed by atoms with E-state index < -0.39 is 5.78 Å². The number of carbonyl (C=O) groups is 1. The number of aliphatic hydroxyl groups excluding tert-OH is 1. The number of rotatable bonds is 0. The van der Waals surface area contributed by atoms with Gasteiger partial charge in [-0.1, -0.05) is 6.58 Å². The molecule has 0 atom stereocenters. The van der Waals surface area contributed by atoms with Crippen molar-refractivity contribution in [2.24, 2.45) is 0 Å². The second-order valence-corrected chi connectivity index (χ2v) is 3.52. The summed E-state index contributed by atoms with van der Waals surface area (Å²) in [4.78, 5) is 14.5. The molecule has 1 aliphatic rings. The number of nitrogens with one attached hydrogen (secondary N) is 1. The third kappa shape index (κ3) is 0.954. The summed E-state index contributed by atoms with van der Waals surface area (Å²) in [5.74, 6) is -0.585. The molecule has 1 aromatic rings. The molecule has 0 bridgehead atoms. The average Bonchev–Trinajstić information content (AvgIpc) is 2.54. The maximum absolute atomic E-state index is 11.5. The number of Topliss-reactive ketones (excluding diaryl/α,β-unsaturated/α-hetero) is 1. The summed E-state index contributed by atoms with van der Waals surface area (Å²) in [7, 11) is 0. The van der Waals surface area contributed by atoms with Gasteiger partial charge in [0, 0.05) is 22.4 Å². The molecular weight excluding hydrogens is 178 g/mol. The molecule has 0 saturated carbocycles. The molecule has 0 fully saturated rings. The highest BCUT2D eigenvalue weighted by molar-refractivity contribution is 6.31. The molecular formula is C11H11NO2. The Morgan fingerprint density at radius 3 is 2.71 bits per heavy atom. The summed E-state index contributed by atoms with van der Waals surface area (Å²) < 4.78 is 0. The summed E-state index contributed by atoms with van der Waals surface area (Å²) in [5.41, 5.74) is 3.49. The van der Waals surface area contributed by atoms with Gasteiger partial charge in [0.2, 0.25) is 5.78 Å². The van der Waals surface area contributed by atoms with Crippen LogP contribution in [0.2, 0.25) is 0 Å². The first-order valence-electron chi connectivity index (χ1n) is 4.36. The van der Waals surface area contributed by atoms with Gasteiger partial charge in [-0.2, -0.15) is 0 Å². The third-order valence-corrected chi connectivity index (χ3v) is 2.50. The summed E-state index contributed by atoms with van der Waals surface area (Å²) in [6.45, 7) is 7.29. The van der Waals surface area contributed by atoms with E-state index in [0.29, 0.717) is 11.1 Å². The van der Waals surface area contributed by atoms with Gasteiger partial charge in [0.1, 0.15) is 0 Å². The molecule has 0 unspecified atom stereocenters. The van der Waals surface area contributed by atoms with Gasteiger partial charge in [0.25, 0.3) is 0 Å². The fourth-order valence-electron chi connectivity index (χ4n) is 1.68. The van der Waals surface area contributed by atoms with E-state index in [1.54, 1.807) is 6.92 Å². The summed E-state index contributed by atoms with van der Waals surface area (Å²) >= 11 is 0. The molecule has 2 N–H and O–H groups in total. The van der Waals surface area contributed by atoms with E-state index in [0.717, 1.165) is 17.0 Å². The van der Waals surface area contributed by atoms with Crippen molar-refractivity contribution in [1.29, 1.82) is 0 Å². The molecule has 1 heterocycles. The van der Waals surface area contributed by atoms with Crippen molar-refractivity contribution in [3.05, 3.63) is 35.4 Å². The van der Waals surface area contributed by atoms with Crippen LogP contribution in [0, 0.1) is 6.92 Å². The van der Waals surface area contributed by atoms with Gasteiger partial charge >= 0.3 is 0 Å². The lowest BCUT2D eigenvalue weighted by molar-refractivity contribution is -0.112. The van der Waals surface area contributed by atoms with Crippen LogP contribution in [-0.2, 0) is 4.79 Å². The van der Waals surface area contributed by atoms with Crippen molar-refractivity contribution in [3.63, 3.8) is 0 Å². The average molecular weight is 189 g/mol. The highest BCUT2D eigenvalue weighted by Gasteiger charge is 2.27. The number of aromatic nitrogens is 1. The van der Waals surface area contributed by atoms with Crippen LogP contribution in [0.4, 0.5) is 0 Å². The molecule has 3 nitrogen and oxygen atoms in total. The van der Waals surface area contributed by atoms with Crippen LogP contribution >= 0.6 is 0 Å². The van der Waals surface area contributed by atoms with E-state index >= 15 is 0 Å². The molecule has 3 heteroatoms. The zero-order valence-electron chi connectivity index (χ0n) is 8.14. The number of hydrogen-bond donors (Lipinski definition) is 2. The number of hydrogen-bond acceptors (Lipinski definition) is 2. The first-order valence-corrected chi connectivity index (χ1v) is 4.36. The third-order valence-electron chi connectivity index (χ3n) is 2.50. The second-order valence-electron chi connectivity index (χ2n) is 3.52. The number of aliphatic hydroxyl groups is 1. The predicted octanol–water partition coefficient (Wildman–Crippen LogP) is 2.21. The molecule has 0 aliphatic heterocycles. The van der Waals surface area contributed by atoms with Gasteiger partial charge < -0.3 is 10.1 Å². The van der Waals surface area contributed by atoms with Crippen LogP contribution in [0.3, 0.4) is 0 Å². The van der Waals surface area contributed by atoms with E-state index in [-0.39, 0.29) is 5.76 Å². The Morgan fingerprint density at radius 1 is 1.43 bits per heavy atom. The number of fused-ring (bicyclic) bond motifs is 1. The standard InChI is InChI=1S/C11H11NO2/c1-5-4-8-6(2)10(13)11(14)7(3)9(8)12-5/h4,12-13H,3H2,1-2H3. The van der Waals surface area contributed by atoms with Crippen molar-refractivity contribution < 1.29 is 9.90 Å². The van der Waals surface area contributed by atoms with Gasteiger partial charge in [-0.15, -0.1) is 0 Å². The minimum Gasteiger partial charge on any atom is -0.504 e. The van der Waals surface area contributed by atoms with Crippen molar-refractivity contribution in [2.75, 3.05) is 0 Å². The van der Waals surface area contributed by atoms with Crippen LogP contribution in [0.25, 0.3) is 11.1 Å². The molecule has 0 amide bonds. The van der Waals surface area contributed by atoms with Crippen molar-refractivity contribution in [2.45, 2.75) is 13.8 Å². The zero-order valence-corrected chi connectivity index (χ0v) is 8.14. The Bertz CT molecular complexity index is 477. The molecule has 1 aliphatic carbocycles. The van der Waals surface area contributed by atoms with Crippen molar-refractivity contribution in [3.8, 4) is 0 Å². The van der Waals surface area contributed by atoms with E-state index in [1.807, 2.05) is 13.0 Å². The Kier molecular flexibility index (Phi) is 1.64. The Balaban J connectivity index is 2.76. The number of ketones is 1. The van der Waals surface area contributed by atoms with Gasteiger partial charge in [-0.3, -0.25) is 4.79 Å². The normalized spacial score (nSPS) is 16.1. The topological polar surface area (TPSA) is 53.1 Å². The monoisotopic (exact) mass is 189 g/mol. The molecule has 0 spiro atoms. The lowest BCUT2D eigenvalue weighted by atomic mass is 9.92. The van der Waals surface area contributed by atoms with Crippen LogP contribution in [0.5, 0.6) is 0 Å². The Labute approximate surface area is 81.8 Å². The van der Waals surface area contributed by atoms with Crippen LogP contribution in [0.15, 0.2) is 18.4 Å². The SMILES string of the molecule is C=C1C(=O)C(O)=C(C)c2cc(C)[nH]c21. The van der Waals surface area contributed by atoms with Crippen LogP contribution in [0.1, 0.15) is 23.9 Å². The summed E-state index contributed by atoms with van der Waals surface area (Å²) in [5, 5.41) is 9.53. The van der Waals surface area contributed by atoms with E-state index in [4.69, 9.17) is 0 Å². The molecule has 0 aromatic carbocycles. The Morgan fingerprint density at radius 2 is 2.07 bits per heavy atom. The van der Waals surface area contributed by atoms with Gasteiger partial charge in [0.05, 0.1) is 5.69 Å². The number of carbonyl (C=O) groups excluding carboxylic acids is 1. The molecule has 0 saturated heterocycles. The van der Waals surface area contributed by atoms with Gasteiger partial charge in [-0.25, -0.2) is 0 Å². The fourth-order valence-corrected chi connectivity index (χ4v) is 1.68.